The summed E-state index contributed by atoms with van der Waals surface area (Å²) in [6.07, 6.45) is 5.62. The summed E-state index contributed by atoms with van der Waals surface area (Å²) in [4.78, 5) is 0. The molecule has 0 spiro atoms. The number of rotatable bonds is 8. The Morgan fingerprint density at radius 2 is 1.79 bits per heavy atom. The van der Waals surface area contributed by atoms with Gasteiger partial charge >= 0.3 is 0 Å². The highest BCUT2D eigenvalue weighted by Gasteiger charge is 1.99. The molecule has 4 nitrogen and oxygen atoms in total. The van der Waals surface area contributed by atoms with Gasteiger partial charge in [-0.1, -0.05) is 25.1 Å². The summed E-state index contributed by atoms with van der Waals surface area (Å²) in [5, 5.41) is 4.21. The van der Waals surface area contributed by atoms with Gasteiger partial charge in [-0.2, -0.15) is 5.10 Å². The van der Waals surface area contributed by atoms with Crippen LogP contribution in [0.3, 0.4) is 0 Å². The van der Waals surface area contributed by atoms with Gasteiger partial charge in [0.15, 0.2) is 5.75 Å². The first kappa shape index (κ1) is 13.5. The lowest BCUT2D eigenvalue weighted by atomic mass is 10.3. The molecule has 0 N–H and O–H groups in total. The van der Waals surface area contributed by atoms with Crippen LogP contribution in [-0.4, -0.2) is 23.0 Å². The van der Waals surface area contributed by atoms with Crippen LogP contribution < -0.4 is 9.47 Å². The molecular formula is C15H20N2O2. The number of nitrogens with zero attached hydrogens (tertiary/aromatic N) is 2. The molecule has 0 fully saturated rings. The van der Waals surface area contributed by atoms with Gasteiger partial charge in [0.05, 0.1) is 25.6 Å². The van der Waals surface area contributed by atoms with Gasteiger partial charge < -0.3 is 9.47 Å². The smallest absolute Gasteiger partial charge is 0.157 e. The molecule has 0 aliphatic heterocycles. The highest BCUT2D eigenvalue weighted by Crippen LogP contribution is 2.10. The molecule has 1 aromatic heterocycles. The molecule has 0 aliphatic rings. The topological polar surface area (TPSA) is 36.3 Å². The van der Waals surface area contributed by atoms with Crippen molar-refractivity contribution in [3.63, 3.8) is 0 Å². The van der Waals surface area contributed by atoms with Crippen LogP contribution in [0.4, 0.5) is 0 Å². The Morgan fingerprint density at radius 1 is 1.05 bits per heavy atom. The van der Waals surface area contributed by atoms with Crippen LogP contribution in [0.15, 0.2) is 42.7 Å². The van der Waals surface area contributed by atoms with Crippen LogP contribution in [0.5, 0.6) is 11.5 Å². The minimum Gasteiger partial charge on any atom is -0.493 e. The SMILES string of the molecule is CCCn1cc(OCCCOc2ccccc2)cn1. The standard InChI is InChI=1S/C15H20N2O2/c1-2-9-17-13-15(12-16-17)19-11-6-10-18-14-7-4-3-5-8-14/h3-5,7-8,12-13H,2,6,9-11H2,1H3. The van der Waals surface area contributed by atoms with E-state index < -0.39 is 0 Å². The van der Waals surface area contributed by atoms with Gasteiger partial charge in [0, 0.05) is 13.0 Å². The van der Waals surface area contributed by atoms with E-state index >= 15 is 0 Å². The largest absolute Gasteiger partial charge is 0.493 e. The molecule has 19 heavy (non-hydrogen) atoms. The molecule has 102 valence electrons. The van der Waals surface area contributed by atoms with E-state index in [-0.39, 0.29) is 0 Å². The lowest BCUT2D eigenvalue weighted by molar-refractivity contribution is 0.247. The number of para-hydroxylation sites is 1. The predicted molar refractivity (Wildman–Crippen MR) is 74.6 cm³/mol. The Bertz CT molecular complexity index is 468. The monoisotopic (exact) mass is 260 g/mol. The summed E-state index contributed by atoms with van der Waals surface area (Å²) >= 11 is 0. The second-order valence-electron chi connectivity index (χ2n) is 4.30. The fourth-order valence-electron chi connectivity index (χ4n) is 1.73. The fourth-order valence-corrected chi connectivity index (χ4v) is 1.73. The molecule has 0 radical (unpaired) electrons. The van der Waals surface area contributed by atoms with Crippen molar-refractivity contribution < 1.29 is 9.47 Å². The van der Waals surface area contributed by atoms with Crippen molar-refractivity contribution >= 4 is 0 Å². The molecule has 0 unspecified atom stereocenters. The summed E-state index contributed by atoms with van der Waals surface area (Å²) in [5.74, 6) is 1.73. The van der Waals surface area contributed by atoms with E-state index in [2.05, 4.69) is 12.0 Å². The Hall–Kier alpha value is -1.97. The van der Waals surface area contributed by atoms with Gasteiger partial charge in [-0.25, -0.2) is 0 Å². The van der Waals surface area contributed by atoms with E-state index in [1.54, 1.807) is 6.20 Å². The van der Waals surface area contributed by atoms with Crippen molar-refractivity contribution in [1.29, 1.82) is 0 Å². The van der Waals surface area contributed by atoms with Crippen LogP contribution in [0.25, 0.3) is 0 Å². The van der Waals surface area contributed by atoms with E-state index in [1.165, 1.54) is 0 Å². The first-order chi connectivity index (χ1) is 9.38. The lowest BCUT2D eigenvalue weighted by Crippen LogP contribution is -2.04. The number of hydrogen-bond donors (Lipinski definition) is 0. The molecular weight excluding hydrogens is 240 g/mol. The first-order valence-corrected chi connectivity index (χ1v) is 6.71. The molecule has 1 heterocycles. The summed E-state index contributed by atoms with van der Waals surface area (Å²) in [7, 11) is 0. The maximum absolute atomic E-state index is 5.61. The molecule has 0 aliphatic carbocycles. The maximum atomic E-state index is 5.61. The Morgan fingerprint density at radius 3 is 2.53 bits per heavy atom. The van der Waals surface area contributed by atoms with Crippen molar-refractivity contribution in [3.8, 4) is 11.5 Å². The van der Waals surface area contributed by atoms with Crippen LogP contribution in [0.1, 0.15) is 19.8 Å². The van der Waals surface area contributed by atoms with Gasteiger partial charge in [0.25, 0.3) is 0 Å². The molecule has 0 saturated carbocycles. The second kappa shape index (κ2) is 7.46. The van der Waals surface area contributed by atoms with Crippen LogP contribution in [0.2, 0.25) is 0 Å². The molecule has 4 heteroatoms. The molecule has 2 aromatic rings. The predicted octanol–water partition coefficient (Wildman–Crippen LogP) is 3.14. The van der Waals surface area contributed by atoms with Crippen LogP contribution in [0, 0.1) is 0 Å². The highest BCUT2D eigenvalue weighted by molar-refractivity contribution is 5.20. The first-order valence-electron chi connectivity index (χ1n) is 6.71. The number of benzene rings is 1. The third-order valence-corrected chi connectivity index (χ3v) is 2.63. The molecule has 0 bridgehead atoms. The van der Waals surface area contributed by atoms with E-state index in [1.807, 2.05) is 41.2 Å². The molecule has 2 rings (SSSR count). The van der Waals surface area contributed by atoms with Gasteiger partial charge in [-0.05, 0) is 18.6 Å². The fraction of sp³-hybridized carbons (Fsp3) is 0.400. The van der Waals surface area contributed by atoms with Crippen molar-refractivity contribution in [2.75, 3.05) is 13.2 Å². The van der Waals surface area contributed by atoms with E-state index in [0.29, 0.717) is 13.2 Å². The minimum atomic E-state index is 0.644. The molecule has 0 atom stereocenters. The number of hydrogen-bond acceptors (Lipinski definition) is 3. The van der Waals surface area contributed by atoms with E-state index in [4.69, 9.17) is 9.47 Å². The third kappa shape index (κ3) is 4.66. The van der Waals surface area contributed by atoms with Gasteiger partial charge in [0.2, 0.25) is 0 Å². The van der Waals surface area contributed by atoms with Gasteiger partial charge in [-0.3, -0.25) is 4.68 Å². The minimum absolute atomic E-state index is 0.644. The average molecular weight is 260 g/mol. The van der Waals surface area contributed by atoms with Crippen LogP contribution in [-0.2, 0) is 6.54 Å². The summed E-state index contributed by atoms with van der Waals surface area (Å²) in [6.45, 7) is 4.36. The number of ether oxygens (including phenoxy) is 2. The molecule has 1 aromatic carbocycles. The van der Waals surface area contributed by atoms with E-state index in [0.717, 1.165) is 30.9 Å². The lowest BCUT2D eigenvalue weighted by Gasteiger charge is -2.06. The number of aryl methyl sites for hydroxylation is 1. The van der Waals surface area contributed by atoms with E-state index in [9.17, 15) is 0 Å². The Balaban J connectivity index is 1.61. The summed E-state index contributed by atoms with van der Waals surface area (Å²) in [6, 6.07) is 9.82. The summed E-state index contributed by atoms with van der Waals surface area (Å²) < 4.78 is 13.1. The van der Waals surface area contributed by atoms with Crippen molar-refractivity contribution in [2.45, 2.75) is 26.3 Å². The zero-order valence-electron chi connectivity index (χ0n) is 11.3. The molecule has 0 amide bonds. The second-order valence-corrected chi connectivity index (χ2v) is 4.30. The zero-order valence-corrected chi connectivity index (χ0v) is 11.3. The van der Waals surface area contributed by atoms with Crippen molar-refractivity contribution in [1.82, 2.24) is 9.78 Å². The Labute approximate surface area is 114 Å². The van der Waals surface area contributed by atoms with Crippen LogP contribution >= 0.6 is 0 Å². The van der Waals surface area contributed by atoms with Crippen molar-refractivity contribution in [3.05, 3.63) is 42.7 Å². The van der Waals surface area contributed by atoms with Gasteiger partial charge in [0.1, 0.15) is 5.75 Å². The van der Waals surface area contributed by atoms with Gasteiger partial charge in [-0.15, -0.1) is 0 Å². The zero-order chi connectivity index (χ0) is 13.3. The average Bonchev–Trinajstić information content (AvgIpc) is 2.88. The summed E-state index contributed by atoms with van der Waals surface area (Å²) in [5.41, 5.74) is 0. The maximum Gasteiger partial charge on any atom is 0.157 e. The highest BCUT2D eigenvalue weighted by atomic mass is 16.5. The quantitative estimate of drug-likeness (QED) is 0.684. The molecule has 0 saturated heterocycles. The Kier molecular flexibility index (Phi) is 5.29. The van der Waals surface area contributed by atoms with Crippen molar-refractivity contribution in [2.24, 2.45) is 0 Å². The normalized spacial score (nSPS) is 10.4. The number of aromatic nitrogens is 2. The third-order valence-electron chi connectivity index (χ3n) is 2.63.